The van der Waals surface area contributed by atoms with Gasteiger partial charge in [-0.25, -0.2) is 9.97 Å². The Morgan fingerprint density at radius 3 is 2.94 bits per heavy atom. The molecular formula is C11H17N3O2S. The summed E-state index contributed by atoms with van der Waals surface area (Å²) in [4.78, 5) is 20.2. The Bertz CT molecular complexity index is 385. The molecule has 0 aliphatic carbocycles. The molecule has 1 rings (SSSR count). The molecule has 0 unspecified atom stereocenters. The van der Waals surface area contributed by atoms with Crippen molar-refractivity contribution in [2.24, 2.45) is 0 Å². The number of methoxy groups -OCH3 is 1. The fourth-order valence-corrected chi connectivity index (χ4v) is 1.84. The number of carbonyl (C=O) groups excluding carboxylic acids is 1. The Kier molecular flexibility index (Phi) is 5.93. The molecule has 1 amide bonds. The normalized spacial score (nSPS) is 10.3. The van der Waals surface area contributed by atoms with Crippen molar-refractivity contribution < 1.29 is 9.53 Å². The summed E-state index contributed by atoms with van der Waals surface area (Å²) in [6, 6.07) is 1.68. The third-order valence-electron chi connectivity index (χ3n) is 1.93. The highest BCUT2D eigenvalue weighted by Gasteiger charge is 2.09. The molecule has 1 heterocycles. The van der Waals surface area contributed by atoms with E-state index in [0.29, 0.717) is 24.0 Å². The molecule has 0 saturated carbocycles. The quantitative estimate of drug-likeness (QED) is 0.471. The molecule has 0 radical (unpaired) electrons. The molecule has 1 aromatic rings. The number of hydrogen-bond donors (Lipinski definition) is 1. The zero-order valence-electron chi connectivity index (χ0n) is 10.3. The maximum atomic E-state index is 11.8. The van der Waals surface area contributed by atoms with Gasteiger partial charge in [0.1, 0.15) is 5.69 Å². The minimum absolute atomic E-state index is 0.189. The number of rotatable bonds is 6. The third kappa shape index (κ3) is 4.70. The van der Waals surface area contributed by atoms with E-state index < -0.39 is 0 Å². The number of carbonyl (C=O) groups is 1. The molecule has 0 atom stereocenters. The SMILES string of the molecule is CCSc1nc(C)cc(C(=O)NCCOC)n1. The van der Waals surface area contributed by atoms with Crippen LogP contribution in [0.2, 0.25) is 0 Å². The van der Waals surface area contributed by atoms with E-state index in [-0.39, 0.29) is 5.91 Å². The first kappa shape index (κ1) is 13.9. The van der Waals surface area contributed by atoms with Crippen LogP contribution in [0.4, 0.5) is 0 Å². The van der Waals surface area contributed by atoms with Gasteiger partial charge in [-0.15, -0.1) is 0 Å². The van der Waals surface area contributed by atoms with Crippen LogP contribution >= 0.6 is 11.8 Å². The summed E-state index contributed by atoms with van der Waals surface area (Å²) in [5.74, 6) is 0.694. The van der Waals surface area contributed by atoms with Gasteiger partial charge in [-0.2, -0.15) is 0 Å². The topological polar surface area (TPSA) is 64.1 Å². The maximum absolute atomic E-state index is 11.8. The van der Waals surface area contributed by atoms with E-state index in [1.807, 2.05) is 13.8 Å². The van der Waals surface area contributed by atoms with Crippen LogP contribution in [0.15, 0.2) is 11.2 Å². The van der Waals surface area contributed by atoms with Crippen molar-refractivity contribution in [3.05, 3.63) is 17.5 Å². The molecule has 0 aliphatic heterocycles. The summed E-state index contributed by atoms with van der Waals surface area (Å²) in [6.45, 7) is 4.85. The molecular weight excluding hydrogens is 238 g/mol. The Hall–Kier alpha value is -1.14. The lowest BCUT2D eigenvalue weighted by Gasteiger charge is -2.06. The number of thioether (sulfide) groups is 1. The van der Waals surface area contributed by atoms with Gasteiger partial charge in [0.2, 0.25) is 0 Å². The molecule has 0 bridgehead atoms. The van der Waals surface area contributed by atoms with Crippen LogP contribution in [0.1, 0.15) is 23.1 Å². The highest BCUT2D eigenvalue weighted by Crippen LogP contribution is 2.13. The number of hydrogen-bond acceptors (Lipinski definition) is 5. The molecule has 0 aliphatic rings. The number of ether oxygens (including phenoxy) is 1. The first-order valence-electron chi connectivity index (χ1n) is 5.43. The van der Waals surface area contributed by atoms with Gasteiger partial charge >= 0.3 is 0 Å². The van der Waals surface area contributed by atoms with Crippen LogP contribution in [0, 0.1) is 6.92 Å². The van der Waals surface area contributed by atoms with E-state index >= 15 is 0 Å². The van der Waals surface area contributed by atoms with Crippen molar-refractivity contribution in [1.82, 2.24) is 15.3 Å². The molecule has 17 heavy (non-hydrogen) atoms. The van der Waals surface area contributed by atoms with Crippen molar-refractivity contribution in [3.63, 3.8) is 0 Å². The van der Waals surface area contributed by atoms with Gasteiger partial charge in [0.25, 0.3) is 5.91 Å². The Morgan fingerprint density at radius 1 is 1.53 bits per heavy atom. The van der Waals surface area contributed by atoms with Crippen LogP contribution in [0.3, 0.4) is 0 Å². The first-order chi connectivity index (χ1) is 8.17. The van der Waals surface area contributed by atoms with E-state index in [1.54, 1.807) is 13.2 Å². The zero-order valence-corrected chi connectivity index (χ0v) is 11.1. The number of amides is 1. The lowest BCUT2D eigenvalue weighted by Crippen LogP contribution is -2.28. The van der Waals surface area contributed by atoms with Crippen molar-refractivity contribution in [2.75, 3.05) is 26.0 Å². The number of aryl methyl sites for hydroxylation is 1. The largest absolute Gasteiger partial charge is 0.383 e. The van der Waals surface area contributed by atoms with Gasteiger partial charge in [-0.1, -0.05) is 18.7 Å². The third-order valence-corrected chi connectivity index (χ3v) is 2.66. The molecule has 1 aromatic heterocycles. The van der Waals surface area contributed by atoms with Gasteiger partial charge in [0, 0.05) is 19.3 Å². The Morgan fingerprint density at radius 2 is 2.29 bits per heavy atom. The lowest BCUT2D eigenvalue weighted by molar-refractivity contribution is 0.0931. The second-order valence-electron chi connectivity index (χ2n) is 3.36. The zero-order chi connectivity index (χ0) is 12.7. The van der Waals surface area contributed by atoms with Crippen molar-refractivity contribution in [3.8, 4) is 0 Å². The summed E-state index contributed by atoms with van der Waals surface area (Å²) in [6.07, 6.45) is 0. The molecule has 0 fully saturated rings. The highest BCUT2D eigenvalue weighted by molar-refractivity contribution is 7.99. The lowest BCUT2D eigenvalue weighted by atomic mass is 10.3. The van der Waals surface area contributed by atoms with Gasteiger partial charge in [0.15, 0.2) is 5.16 Å². The minimum atomic E-state index is -0.189. The standard InChI is InChI=1S/C11H17N3O2S/c1-4-17-11-13-8(2)7-9(14-11)10(15)12-5-6-16-3/h7H,4-6H2,1-3H3,(H,12,15). The second-order valence-corrected chi connectivity index (χ2v) is 4.59. The fraction of sp³-hybridized carbons (Fsp3) is 0.545. The second kappa shape index (κ2) is 7.24. The summed E-state index contributed by atoms with van der Waals surface area (Å²) in [7, 11) is 1.59. The van der Waals surface area contributed by atoms with E-state index in [1.165, 1.54) is 11.8 Å². The molecule has 1 N–H and O–H groups in total. The number of nitrogens with one attached hydrogen (secondary N) is 1. The Balaban J connectivity index is 2.71. The van der Waals surface area contributed by atoms with E-state index in [4.69, 9.17) is 4.74 Å². The molecule has 6 heteroatoms. The molecule has 5 nitrogen and oxygen atoms in total. The molecule has 0 saturated heterocycles. The first-order valence-corrected chi connectivity index (χ1v) is 6.41. The van der Waals surface area contributed by atoms with Gasteiger partial charge in [-0.3, -0.25) is 4.79 Å². The molecule has 94 valence electrons. The van der Waals surface area contributed by atoms with Gasteiger partial charge in [0.05, 0.1) is 6.61 Å². The van der Waals surface area contributed by atoms with Crippen molar-refractivity contribution in [2.45, 2.75) is 19.0 Å². The van der Waals surface area contributed by atoms with Crippen LogP contribution in [0.25, 0.3) is 0 Å². The van der Waals surface area contributed by atoms with E-state index in [0.717, 1.165) is 11.4 Å². The maximum Gasteiger partial charge on any atom is 0.270 e. The smallest absolute Gasteiger partial charge is 0.270 e. The Labute approximate surface area is 105 Å². The van der Waals surface area contributed by atoms with Crippen molar-refractivity contribution >= 4 is 17.7 Å². The van der Waals surface area contributed by atoms with Crippen molar-refractivity contribution in [1.29, 1.82) is 0 Å². The van der Waals surface area contributed by atoms with Crippen LogP contribution < -0.4 is 5.32 Å². The van der Waals surface area contributed by atoms with Crippen LogP contribution in [0.5, 0.6) is 0 Å². The predicted octanol–water partition coefficient (Wildman–Crippen LogP) is 1.27. The molecule has 0 spiro atoms. The fourth-order valence-electron chi connectivity index (χ4n) is 1.21. The highest BCUT2D eigenvalue weighted by atomic mass is 32.2. The van der Waals surface area contributed by atoms with Crippen LogP contribution in [-0.4, -0.2) is 41.9 Å². The van der Waals surface area contributed by atoms with E-state index in [2.05, 4.69) is 15.3 Å². The average molecular weight is 255 g/mol. The number of aromatic nitrogens is 2. The monoisotopic (exact) mass is 255 g/mol. The predicted molar refractivity (Wildman–Crippen MR) is 67.4 cm³/mol. The van der Waals surface area contributed by atoms with Crippen LogP contribution in [-0.2, 0) is 4.74 Å². The molecule has 0 aromatic carbocycles. The summed E-state index contributed by atoms with van der Waals surface area (Å²) < 4.78 is 4.86. The van der Waals surface area contributed by atoms with Gasteiger partial charge in [-0.05, 0) is 18.7 Å². The summed E-state index contributed by atoms with van der Waals surface area (Å²) >= 11 is 1.52. The summed E-state index contributed by atoms with van der Waals surface area (Å²) in [5.41, 5.74) is 1.21. The average Bonchev–Trinajstić information content (AvgIpc) is 2.29. The minimum Gasteiger partial charge on any atom is -0.383 e. The van der Waals surface area contributed by atoms with Gasteiger partial charge < -0.3 is 10.1 Å². The summed E-state index contributed by atoms with van der Waals surface area (Å²) in [5, 5.41) is 3.38. The van der Waals surface area contributed by atoms with E-state index in [9.17, 15) is 4.79 Å². The number of nitrogens with zero attached hydrogens (tertiary/aromatic N) is 2.